The zero-order chi connectivity index (χ0) is 17.1. The number of carbonyl (C=O) groups excluding carboxylic acids is 1. The van der Waals surface area contributed by atoms with E-state index in [1.165, 1.54) is 11.0 Å². The zero-order valence-electron chi connectivity index (χ0n) is 14.4. The van der Waals surface area contributed by atoms with Gasteiger partial charge in [0.25, 0.3) is 0 Å². The van der Waals surface area contributed by atoms with Crippen LogP contribution in [-0.2, 0) is 11.3 Å². The maximum atomic E-state index is 13.4. The molecule has 3 rings (SSSR count). The molecule has 0 radical (unpaired) electrons. The molecule has 0 aliphatic carbocycles. The van der Waals surface area contributed by atoms with Crippen LogP contribution in [0.15, 0.2) is 24.3 Å². The molecule has 0 saturated carbocycles. The summed E-state index contributed by atoms with van der Waals surface area (Å²) in [5.74, 6) is 0.806. The summed E-state index contributed by atoms with van der Waals surface area (Å²) in [5, 5.41) is 2.92. The summed E-state index contributed by atoms with van der Waals surface area (Å²) in [4.78, 5) is 15.6. The second kappa shape index (κ2) is 7.49. The number of benzene rings is 1. The SMILES string of the molecule is CN(C)C(=O)NC[C@@H]1OC[C@H]2CCN(Cc3cccc(F)c3)C[C@H]21. The van der Waals surface area contributed by atoms with Gasteiger partial charge in [-0.1, -0.05) is 12.1 Å². The highest BCUT2D eigenvalue weighted by molar-refractivity contribution is 5.73. The fourth-order valence-corrected chi connectivity index (χ4v) is 3.69. The summed E-state index contributed by atoms with van der Waals surface area (Å²) in [7, 11) is 3.46. The number of hydrogen-bond acceptors (Lipinski definition) is 3. The lowest BCUT2D eigenvalue weighted by Crippen LogP contribution is -2.46. The van der Waals surface area contributed by atoms with Crippen LogP contribution in [0.1, 0.15) is 12.0 Å². The van der Waals surface area contributed by atoms with Crippen molar-refractivity contribution in [1.82, 2.24) is 15.1 Å². The van der Waals surface area contributed by atoms with Gasteiger partial charge in [-0.05, 0) is 36.6 Å². The minimum Gasteiger partial charge on any atom is -0.376 e. The normalized spacial score (nSPS) is 26.9. The largest absolute Gasteiger partial charge is 0.376 e. The number of ether oxygens (including phenoxy) is 1. The summed E-state index contributed by atoms with van der Waals surface area (Å²) in [5.41, 5.74) is 1.00. The molecule has 2 heterocycles. The Kier molecular flexibility index (Phi) is 5.36. The minimum absolute atomic E-state index is 0.0641. The molecule has 0 spiro atoms. The Morgan fingerprint density at radius 2 is 2.29 bits per heavy atom. The molecule has 1 N–H and O–H groups in total. The molecule has 0 bridgehead atoms. The van der Waals surface area contributed by atoms with Gasteiger partial charge in [-0.3, -0.25) is 4.90 Å². The van der Waals surface area contributed by atoms with E-state index in [9.17, 15) is 9.18 Å². The van der Waals surface area contributed by atoms with Gasteiger partial charge in [-0.2, -0.15) is 0 Å². The number of hydrogen-bond donors (Lipinski definition) is 1. The first kappa shape index (κ1) is 17.2. The van der Waals surface area contributed by atoms with Gasteiger partial charge in [0.2, 0.25) is 0 Å². The Hall–Kier alpha value is -1.66. The molecule has 2 aliphatic rings. The topological polar surface area (TPSA) is 44.8 Å². The van der Waals surface area contributed by atoms with Gasteiger partial charge in [0, 0.05) is 39.6 Å². The average molecular weight is 335 g/mol. The molecule has 0 aromatic heterocycles. The second-order valence-electron chi connectivity index (χ2n) is 7.03. The maximum absolute atomic E-state index is 13.4. The molecular formula is C18H26FN3O2. The molecule has 1 aromatic carbocycles. The third-order valence-corrected chi connectivity index (χ3v) is 5.05. The number of likely N-dealkylation sites (tertiary alicyclic amines) is 1. The number of amides is 2. The van der Waals surface area contributed by atoms with Crippen LogP contribution >= 0.6 is 0 Å². The average Bonchev–Trinajstić information content (AvgIpc) is 2.95. The smallest absolute Gasteiger partial charge is 0.316 e. The van der Waals surface area contributed by atoms with Crippen molar-refractivity contribution in [2.45, 2.75) is 19.1 Å². The highest BCUT2D eigenvalue weighted by Crippen LogP contribution is 2.34. The molecule has 5 nitrogen and oxygen atoms in total. The quantitative estimate of drug-likeness (QED) is 0.914. The molecule has 0 unspecified atom stereocenters. The Morgan fingerprint density at radius 1 is 1.46 bits per heavy atom. The number of nitrogens with one attached hydrogen (secondary N) is 1. The number of urea groups is 1. The van der Waals surface area contributed by atoms with Gasteiger partial charge in [0.15, 0.2) is 0 Å². The van der Waals surface area contributed by atoms with E-state index < -0.39 is 0 Å². The van der Waals surface area contributed by atoms with Gasteiger partial charge in [-0.25, -0.2) is 9.18 Å². The molecule has 6 heteroatoms. The molecule has 1 aromatic rings. The molecule has 3 atom stereocenters. The molecule has 2 aliphatic heterocycles. The molecule has 2 saturated heterocycles. The van der Waals surface area contributed by atoms with Crippen molar-refractivity contribution in [1.29, 1.82) is 0 Å². The lowest BCUT2D eigenvalue weighted by atomic mass is 9.84. The number of nitrogens with zero attached hydrogens (tertiary/aromatic N) is 2. The molecule has 2 fully saturated rings. The van der Waals surface area contributed by atoms with Crippen molar-refractivity contribution >= 4 is 6.03 Å². The first-order valence-electron chi connectivity index (χ1n) is 8.56. The highest BCUT2D eigenvalue weighted by atomic mass is 19.1. The number of fused-ring (bicyclic) bond motifs is 1. The van der Waals surface area contributed by atoms with E-state index in [-0.39, 0.29) is 18.0 Å². The van der Waals surface area contributed by atoms with Gasteiger partial charge >= 0.3 is 6.03 Å². The standard InChI is InChI=1S/C18H26FN3O2/c1-21(2)18(23)20-9-17-16-11-22(7-6-14(16)12-24-17)10-13-4-3-5-15(19)8-13/h3-5,8,14,16-17H,6-7,9-12H2,1-2H3,(H,20,23)/t14-,16-,17+/m1/s1. The van der Waals surface area contributed by atoms with Crippen LogP contribution in [0.2, 0.25) is 0 Å². The summed E-state index contributed by atoms with van der Waals surface area (Å²) < 4.78 is 19.3. The van der Waals surface area contributed by atoms with Crippen molar-refractivity contribution in [3.8, 4) is 0 Å². The Bertz CT molecular complexity index is 581. The Labute approximate surface area is 142 Å². The van der Waals surface area contributed by atoms with Crippen LogP contribution in [0.3, 0.4) is 0 Å². The Balaban J connectivity index is 1.56. The van der Waals surface area contributed by atoms with Crippen molar-refractivity contribution < 1.29 is 13.9 Å². The fourth-order valence-electron chi connectivity index (χ4n) is 3.69. The zero-order valence-corrected chi connectivity index (χ0v) is 14.4. The van der Waals surface area contributed by atoms with E-state index >= 15 is 0 Å². The molecule has 132 valence electrons. The summed E-state index contributed by atoms with van der Waals surface area (Å²) in [6.07, 6.45) is 1.16. The fraction of sp³-hybridized carbons (Fsp3) is 0.611. The summed E-state index contributed by atoms with van der Waals surface area (Å²) in [6.45, 7) is 4.03. The van der Waals surface area contributed by atoms with Crippen LogP contribution in [-0.4, -0.2) is 62.3 Å². The summed E-state index contributed by atoms with van der Waals surface area (Å²) >= 11 is 0. The van der Waals surface area contributed by atoms with Crippen LogP contribution in [0, 0.1) is 17.7 Å². The third-order valence-electron chi connectivity index (χ3n) is 5.05. The van der Waals surface area contributed by atoms with E-state index in [4.69, 9.17) is 4.74 Å². The summed E-state index contributed by atoms with van der Waals surface area (Å²) in [6, 6.07) is 6.72. The lowest BCUT2D eigenvalue weighted by Gasteiger charge is -2.36. The van der Waals surface area contributed by atoms with Gasteiger partial charge < -0.3 is 15.0 Å². The predicted octanol–water partition coefficient (Wildman–Crippen LogP) is 1.93. The van der Waals surface area contributed by atoms with Crippen LogP contribution in [0.4, 0.5) is 9.18 Å². The minimum atomic E-state index is -0.184. The van der Waals surface area contributed by atoms with E-state index in [1.807, 2.05) is 6.07 Å². The first-order valence-corrected chi connectivity index (χ1v) is 8.56. The van der Waals surface area contributed by atoms with Crippen LogP contribution in [0.5, 0.6) is 0 Å². The monoisotopic (exact) mass is 335 g/mol. The highest BCUT2D eigenvalue weighted by Gasteiger charge is 2.40. The Morgan fingerprint density at radius 3 is 3.04 bits per heavy atom. The van der Waals surface area contributed by atoms with Crippen molar-refractivity contribution in [3.63, 3.8) is 0 Å². The number of piperidine rings is 1. The predicted molar refractivity (Wildman–Crippen MR) is 90.1 cm³/mol. The van der Waals surface area contributed by atoms with E-state index in [2.05, 4.69) is 10.2 Å². The lowest BCUT2D eigenvalue weighted by molar-refractivity contribution is 0.0743. The number of rotatable bonds is 4. The van der Waals surface area contributed by atoms with Gasteiger partial charge in [-0.15, -0.1) is 0 Å². The number of carbonyl (C=O) groups is 1. The molecule has 24 heavy (non-hydrogen) atoms. The van der Waals surface area contributed by atoms with E-state index in [0.29, 0.717) is 18.4 Å². The van der Waals surface area contributed by atoms with E-state index in [1.54, 1.807) is 26.2 Å². The van der Waals surface area contributed by atoms with Gasteiger partial charge in [0.05, 0.1) is 12.7 Å². The van der Waals surface area contributed by atoms with Gasteiger partial charge in [0.1, 0.15) is 5.82 Å². The second-order valence-corrected chi connectivity index (χ2v) is 7.03. The third kappa shape index (κ3) is 4.05. The van der Waals surface area contributed by atoms with Crippen LogP contribution in [0.25, 0.3) is 0 Å². The first-order chi connectivity index (χ1) is 11.5. The van der Waals surface area contributed by atoms with Crippen molar-refractivity contribution in [2.24, 2.45) is 11.8 Å². The van der Waals surface area contributed by atoms with Crippen LogP contribution < -0.4 is 5.32 Å². The maximum Gasteiger partial charge on any atom is 0.316 e. The molecular weight excluding hydrogens is 309 g/mol. The van der Waals surface area contributed by atoms with Crippen molar-refractivity contribution in [2.75, 3.05) is 40.3 Å². The molecule has 2 amide bonds. The van der Waals surface area contributed by atoms with Crippen molar-refractivity contribution in [3.05, 3.63) is 35.6 Å². The number of halogens is 1. The van der Waals surface area contributed by atoms with E-state index in [0.717, 1.165) is 38.2 Å².